The van der Waals surface area contributed by atoms with Crippen LogP contribution in [0.4, 0.5) is 0 Å². The van der Waals surface area contributed by atoms with Gasteiger partial charge in [-0.2, -0.15) is 0 Å². The van der Waals surface area contributed by atoms with Gasteiger partial charge in [0.25, 0.3) is 5.56 Å². The molecule has 0 spiro atoms. The van der Waals surface area contributed by atoms with Crippen molar-refractivity contribution in [3.05, 3.63) is 70.6 Å². The minimum atomic E-state index is -0.576. The summed E-state index contributed by atoms with van der Waals surface area (Å²) >= 11 is 0. The van der Waals surface area contributed by atoms with E-state index in [0.717, 1.165) is 0 Å². The largest absolute Gasteiger partial charge is 0.425 e. The average molecular weight is 336 g/mol. The van der Waals surface area contributed by atoms with Gasteiger partial charge in [-0.3, -0.25) is 14.2 Å². The summed E-state index contributed by atoms with van der Waals surface area (Å²) in [6, 6.07) is 13.4. The number of hydrogen-bond donors (Lipinski definition) is 0. The van der Waals surface area contributed by atoms with E-state index >= 15 is 0 Å². The molecule has 6 nitrogen and oxygen atoms in total. The van der Waals surface area contributed by atoms with Gasteiger partial charge in [-0.05, 0) is 36.4 Å². The van der Waals surface area contributed by atoms with Crippen molar-refractivity contribution in [2.75, 3.05) is 0 Å². The SMILES string of the molecule is CCC(=O)c1ccc(OC(=O)Cn2c(=O)cnc3ccccc32)cc1. The topological polar surface area (TPSA) is 78.3 Å². The van der Waals surface area contributed by atoms with Gasteiger partial charge in [0.15, 0.2) is 5.78 Å². The normalized spacial score (nSPS) is 10.6. The summed E-state index contributed by atoms with van der Waals surface area (Å²) in [5.74, 6) is -0.232. The summed E-state index contributed by atoms with van der Waals surface area (Å²) in [6.07, 6.45) is 1.60. The first-order valence-corrected chi connectivity index (χ1v) is 7.87. The highest BCUT2D eigenvalue weighted by atomic mass is 16.5. The summed E-state index contributed by atoms with van der Waals surface area (Å²) in [4.78, 5) is 39.9. The summed E-state index contributed by atoms with van der Waals surface area (Å²) in [7, 11) is 0. The Morgan fingerprint density at radius 3 is 2.52 bits per heavy atom. The number of rotatable bonds is 5. The highest BCUT2D eigenvalue weighted by Crippen LogP contribution is 2.14. The van der Waals surface area contributed by atoms with Gasteiger partial charge in [0.2, 0.25) is 0 Å². The molecule has 0 aliphatic rings. The molecule has 126 valence electrons. The number of hydrogen-bond acceptors (Lipinski definition) is 5. The van der Waals surface area contributed by atoms with Crippen LogP contribution in [0.15, 0.2) is 59.5 Å². The summed E-state index contributed by atoms with van der Waals surface area (Å²) < 4.78 is 6.58. The molecule has 0 aliphatic carbocycles. The molecular weight excluding hydrogens is 320 g/mol. The Morgan fingerprint density at radius 2 is 1.80 bits per heavy atom. The van der Waals surface area contributed by atoms with Gasteiger partial charge < -0.3 is 4.74 Å². The van der Waals surface area contributed by atoms with Crippen LogP contribution >= 0.6 is 0 Å². The molecule has 2 aromatic carbocycles. The molecule has 0 saturated heterocycles. The zero-order chi connectivity index (χ0) is 17.8. The fraction of sp³-hybridized carbons (Fsp3) is 0.158. The van der Waals surface area contributed by atoms with E-state index in [4.69, 9.17) is 4.74 Å². The maximum absolute atomic E-state index is 12.2. The first-order chi connectivity index (χ1) is 12.1. The monoisotopic (exact) mass is 336 g/mol. The van der Waals surface area contributed by atoms with E-state index in [9.17, 15) is 14.4 Å². The molecular formula is C19H16N2O4. The molecule has 0 aliphatic heterocycles. The number of aromatic nitrogens is 2. The minimum absolute atomic E-state index is 0.0210. The lowest BCUT2D eigenvalue weighted by atomic mass is 10.1. The van der Waals surface area contributed by atoms with Crippen LogP contribution in [0.3, 0.4) is 0 Å². The van der Waals surface area contributed by atoms with Crippen LogP contribution < -0.4 is 10.3 Å². The maximum Gasteiger partial charge on any atom is 0.331 e. The van der Waals surface area contributed by atoms with E-state index in [1.165, 1.54) is 10.8 Å². The average Bonchev–Trinajstić information content (AvgIpc) is 2.64. The zero-order valence-corrected chi connectivity index (χ0v) is 13.6. The fourth-order valence-corrected chi connectivity index (χ4v) is 2.48. The van der Waals surface area contributed by atoms with Gasteiger partial charge in [0, 0.05) is 12.0 Å². The molecule has 3 rings (SSSR count). The molecule has 6 heteroatoms. The van der Waals surface area contributed by atoms with Gasteiger partial charge in [0.05, 0.1) is 17.2 Å². The number of carbonyl (C=O) groups excluding carboxylic acids is 2. The van der Waals surface area contributed by atoms with Crippen LogP contribution in [0.1, 0.15) is 23.7 Å². The van der Waals surface area contributed by atoms with Crippen molar-refractivity contribution in [3.63, 3.8) is 0 Å². The third-order valence-electron chi connectivity index (χ3n) is 3.77. The van der Waals surface area contributed by atoms with Crippen LogP contribution in [0, 0.1) is 0 Å². The van der Waals surface area contributed by atoms with E-state index in [1.807, 2.05) is 6.07 Å². The number of fused-ring (bicyclic) bond motifs is 1. The van der Waals surface area contributed by atoms with E-state index in [-0.39, 0.29) is 17.9 Å². The zero-order valence-electron chi connectivity index (χ0n) is 13.6. The lowest BCUT2D eigenvalue weighted by Crippen LogP contribution is -2.26. The third kappa shape index (κ3) is 3.63. The molecule has 3 aromatic rings. The van der Waals surface area contributed by atoms with Crippen LogP contribution in [0.2, 0.25) is 0 Å². The molecule has 1 aromatic heterocycles. The molecule has 0 bridgehead atoms. The summed E-state index contributed by atoms with van der Waals surface area (Å²) in [5.41, 5.74) is 1.38. The highest BCUT2D eigenvalue weighted by molar-refractivity contribution is 5.96. The Morgan fingerprint density at radius 1 is 1.08 bits per heavy atom. The number of Topliss-reactive ketones (excluding diaryl/α,β-unsaturated/α-hetero) is 1. The number of ketones is 1. The van der Waals surface area contributed by atoms with E-state index in [1.54, 1.807) is 49.4 Å². The van der Waals surface area contributed by atoms with Crippen molar-refractivity contribution in [1.82, 2.24) is 9.55 Å². The smallest absolute Gasteiger partial charge is 0.331 e. The highest BCUT2D eigenvalue weighted by Gasteiger charge is 2.11. The number of carbonyl (C=O) groups is 2. The Balaban J connectivity index is 1.78. The Labute approximate surface area is 143 Å². The Bertz CT molecular complexity index is 990. The van der Waals surface area contributed by atoms with Crippen molar-refractivity contribution < 1.29 is 14.3 Å². The second-order valence-electron chi connectivity index (χ2n) is 5.45. The Kier molecular flexibility index (Phi) is 4.70. The Hall–Kier alpha value is -3.28. The fourth-order valence-electron chi connectivity index (χ4n) is 2.48. The number of para-hydroxylation sites is 2. The van der Waals surface area contributed by atoms with Gasteiger partial charge in [0.1, 0.15) is 12.3 Å². The number of ether oxygens (including phenoxy) is 1. The predicted octanol–water partition coefficient (Wildman–Crippen LogP) is 2.59. The van der Waals surface area contributed by atoms with E-state index in [0.29, 0.717) is 28.8 Å². The predicted molar refractivity (Wildman–Crippen MR) is 92.7 cm³/mol. The lowest BCUT2D eigenvalue weighted by molar-refractivity contribution is -0.135. The first-order valence-electron chi connectivity index (χ1n) is 7.87. The quantitative estimate of drug-likeness (QED) is 0.406. The van der Waals surface area contributed by atoms with Gasteiger partial charge in [-0.15, -0.1) is 0 Å². The second-order valence-corrected chi connectivity index (χ2v) is 5.45. The van der Waals surface area contributed by atoms with Crippen LogP contribution in [-0.2, 0) is 11.3 Å². The first kappa shape index (κ1) is 16.6. The van der Waals surface area contributed by atoms with Gasteiger partial charge in [-0.1, -0.05) is 19.1 Å². The number of esters is 1. The van der Waals surface area contributed by atoms with Crippen molar-refractivity contribution >= 4 is 22.8 Å². The van der Waals surface area contributed by atoms with Gasteiger partial charge >= 0.3 is 5.97 Å². The molecule has 0 unspecified atom stereocenters. The van der Waals surface area contributed by atoms with E-state index < -0.39 is 5.97 Å². The molecule has 0 amide bonds. The molecule has 1 heterocycles. The third-order valence-corrected chi connectivity index (χ3v) is 3.77. The van der Waals surface area contributed by atoms with Crippen molar-refractivity contribution in [1.29, 1.82) is 0 Å². The molecule has 0 atom stereocenters. The van der Waals surface area contributed by atoms with E-state index in [2.05, 4.69) is 4.98 Å². The minimum Gasteiger partial charge on any atom is -0.425 e. The van der Waals surface area contributed by atoms with Crippen molar-refractivity contribution in [2.24, 2.45) is 0 Å². The molecule has 0 fully saturated rings. The van der Waals surface area contributed by atoms with Crippen molar-refractivity contribution in [2.45, 2.75) is 19.9 Å². The lowest BCUT2D eigenvalue weighted by Gasteiger charge is -2.09. The van der Waals surface area contributed by atoms with Crippen molar-refractivity contribution in [3.8, 4) is 5.75 Å². The maximum atomic E-state index is 12.2. The molecule has 0 N–H and O–H groups in total. The van der Waals surface area contributed by atoms with Crippen LogP contribution in [-0.4, -0.2) is 21.3 Å². The molecule has 0 saturated carbocycles. The summed E-state index contributed by atoms with van der Waals surface area (Å²) in [5, 5.41) is 0. The second kappa shape index (κ2) is 7.09. The van der Waals surface area contributed by atoms with Crippen LogP contribution in [0.25, 0.3) is 11.0 Å². The van der Waals surface area contributed by atoms with Crippen LogP contribution in [0.5, 0.6) is 5.75 Å². The molecule has 25 heavy (non-hydrogen) atoms. The molecule has 0 radical (unpaired) electrons. The number of benzene rings is 2. The number of nitrogens with zero attached hydrogens (tertiary/aromatic N) is 2. The summed E-state index contributed by atoms with van der Waals surface area (Å²) in [6.45, 7) is 1.56. The standard InChI is InChI=1S/C19H16N2O4/c1-2-17(22)13-7-9-14(10-8-13)25-19(24)12-21-16-6-4-3-5-15(16)20-11-18(21)23/h3-11H,2,12H2,1H3. The van der Waals surface area contributed by atoms with Gasteiger partial charge in [-0.25, -0.2) is 9.78 Å².